The van der Waals surface area contributed by atoms with Crippen molar-refractivity contribution in [3.05, 3.63) is 69.9 Å². The van der Waals surface area contributed by atoms with Crippen LogP contribution in [0.4, 0.5) is 4.79 Å². The molecule has 0 bridgehead atoms. The van der Waals surface area contributed by atoms with Gasteiger partial charge < -0.3 is 15.6 Å². The Morgan fingerprint density at radius 1 is 1.30 bits per heavy atom. The van der Waals surface area contributed by atoms with E-state index in [1.807, 2.05) is 36.5 Å². The predicted molar refractivity (Wildman–Crippen MR) is 106 cm³/mol. The molecule has 1 aromatic heterocycles. The molecule has 1 unspecified atom stereocenters. The van der Waals surface area contributed by atoms with Crippen molar-refractivity contribution in [3.63, 3.8) is 0 Å². The van der Waals surface area contributed by atoms with Gasteiger partial charge in [0.15, 0.2) is 0 Å². The SMILES string of the molecule is N#Cc1ccc2c(c1)CCC2NC(=O)NCCc1c[nH]c2ccc(Cl)cc12. The maximum Gasteiger partial charge on any atom is 0.315 e. The number of urea groups is 1. The fourth-order valence-electron chi connectivity index (χ4n) is 3.71. The summed E-state index contributed by atoms with van der Waals surface area (Å²) < 4.78 is 0. The summed E-state index contributed by atoms with van der Waals surface area (Å²) in [6, 6.07) is 13.4. The number of carbonyl (C=O) groups is 1. The number of aromatic amines is 1. The standard InChI is InChI=1S/C21H19ClN4O/c22-16-3-6-19-18(10-16)15(12-25-19)7-8-24-21(27)26-20-5-2-14-9-13(11-23)1-4-17(14)20/h1,3-4,6,9-10,12,20,25H,2,5,7-8H2,(H2,24,26,27). The molecule has 1 atom stereocenters. The van der Waals surface area contributed by atoms with Crippen LogP contribution in [0.1, 0.15) is 34.7 Å². The smallest absolute Gasteiger partial charge is 0.315 e. The molecule has 1 aliphatic carbocycles. The van der Waals surface area contributed by atoms with Gasteiger partial charge in [-0.05, 0) is 66.3 Å². The number of nitriles is 1. The van der Waals surface area contributed by atoms with Gasteiger partial charge in [0.1, 0.15) is 0 Å². The van der Waals surface area contributed by atoms with Gasteiger partial charge >= 0.3 is 6.03 Å². The van der Waals surface area contributed by atoms with E-state index >= 15 is 0 Å². The Hall–Kier alpha value is -2.97. The average molecular weight is 379 g/mol. The molecule has 0 radical (unpaired) electrons. The van der Waals surface area contributed by atoms with Crippen molar-refractivity contribution >= 4 is 28.5 Å². The van der Waals surface area contributed by atoms with Crippen LogP contribution in [0.5, 0.6) is 0 Å². The molecule has 1 aliphatic rings. The van der Waals surface area contributed by atoms with Crippen molar-refractivity contribution in [2.75, 3.05) is 6.54 Å². The number of hydrogen-bond acceptors (Lipinski definition) is 2. The van der Waals surface area contributed by atoms with Crippen LogP contribution in [-0.4, -0.2) is 17.6 Å². The zero-order valence-electron chi connectivity index (χ0n) is 14.7. The summed E-state index contributed by atoms with van der Waals surface area (Å²) in [4.78, 5) is 15.5. The Bertz CT molecular complexity index is 1050. The van der Waals surface area contributed by atoms with E-state index < -0.39 is 0 Å². The second kappa shape index (κ2) is 7.34. The van der Waals surface area contributed by atoms with Crippen LogP contribution in [0.3, 0.4) is 0 Å². The summed E-state index contributed by atoms with van der Waals surface area (Å²) in [5.74, 6) is 0. The monoisotopic (exact) mass is 378 g/mol. The van der Waals surface area contributed by atoms with Crippen molar-refractivity contribution in [1.82, 2.24) is 15.6 Å². The van der Waals surface area contributed by atoms with E-state index in [4.69, 9.17) is 16.9 Å². The normalized spacial score (nSPS) is 15.3. The maximum atomic E-state index is 12.3. The van der Waals surface area contributed by atoms with Gasteiger partial charge in [0, 0.05) is 28.7 Å². The highest BCUT2D eigenvalue weighted by Gasteiger charge is 2.24. The lowest BCUT2D eigenvalue weighted by molar-refractivity contribution is 0.237. The van der Waals surface area contributed by atoms with Gasteiger partial charge in [-0.25, -0.2) is 4.79 Å². The fraction of sp³-hybridized carbons (Fsp3) is 0.238. The maximum absolute atomic E-state index is 12.3. The number of nitrogens with one attached hydrogen (secondary N) is 3. The number of amides is 2. The number of aryl methyl sites for hydroxylation is 1. The average Bonchev–Trinajstić information content (AvgIpc) is 3.25. The lowest BCUT2D eigenvalue weighted by atomic mass is 10.1. The van der Waals surface area contributed by atoms with Gasteiger partial charge in [-0.3, -0.25) is 0 Å². The first-order valence-electron chi connectivity index (χ1n) is 8.97. The van der Waals surface area contributed by atoms with Crippen LogP contribution in [0, 0.1) is 11.3 Å². The first-order chi connectivity index (χ1) is 13.1. The summed E-state index contributed by atoms with van der Waals surface area (Å²) in [6.45, 7) is 0.540. The highest BCUT2D eigenvalue weighted by molar-refractivity contribution is 6.31. The minimum absolute atomic E-state index is 0.000335. The molecule has 0 spiro atoms. The number of hydrogen-bond donors (Lipinski definition) is 3. The number of aromatic nitrogens is 1. The van der Waals surface area contributed by atoms with Crippen molar-refractivity contribution in [2.45, 2.75) is 25.3 Å². The Morgan fingerprint density at radius 3 is 3.04 bits per heavy atom. The van der Waals surface area contributed by atoms with Gasteiger partial charge in [-0.2, -0.15) is 5.26 Å². The second-order valence-corrected chi connectivity index (χ2v) is 7.21. The van der Waals surface area contributed by atoms with E-state index in [2.05, 4.69) is 21.7 Å². The molecular formula is C21H19ClN4O. The van der Waals surface area contributed by atoms with E-state index in [9.17, 15) is 4.79 Å². The molecule has 2 aromatic carbocycles. The predicted octanol–water partition coefficient (Wildman–Crippen LogP) is 4.22. The highest BCUT2D eigenvalue weighted by atomic mass is 35.5. The molecule has 6 heteroatoms. The van der Waals surface area contributed by atoms with Crippen LogP contribution in [-0.2, 0) is 12.8 Å². The van der Waals surface area contributed by atoms with Gasteiger partial charge in [0.25, 0.3) is 0 Å². The molecular weight excluding hydrogens is 360 g/mol. The number of carbonyl (C=O) groups excluding carboxylic acids is 1. The first-order valence-corrected chi connectivity index (χ1v) is 9.34. The van der Waals surface area contributed by atoms with Gasteiger partial charge in [-0.1, -0.05) is 17.7 Å². The Balaban J connectivity index is 1.33. The summed E-state index contributed by atoms with van der Waals surface area (Å²) in [5, 5.41) is 16.8. The molecule has 3 N–H and O–H groups in total. The van der Waals surface area contributed by atoms with Crippen LogP contribution < -0.4 is 10.6 Å². The first kappa shape index (κ1) is 17.4. The molecule has 0 saturated carbocycles. The molecule has 1 heterocycles. The topological polar surface area (TPSA) is 80.7 Å². The third kappa shape index (κ3) is 3.62. The zero-order valence-corrected chi connectivity index (χ0v) is 15.4. The molecule has 5 nitrogen and oxygen atoms in total. The number of halogens is 1. The van der Waals surface area contributed by atoms with Gasteiger partial charge in [0.2, 0.25) is 0 Å². The van der Waals surface area contributed by atoms with E-state index in [1.54, 1.807) is 6.07 Å². The Morgan fingerprint density at radius 2 is 2.19 bits per heavy atom. The Kier molecular flexibility index (Phi) is 4.74. The number of benzene rings is 2. The Labute approximate surface area is 162 Å². The molecule has 4 rings (SSSR count). The quantitative estimate of drug-likeness (QED) is 0.635. The second-order valence-electron chi connectivity index (χ2n) is 6.77. The minimum Gasteiger partial charge on any atom is -0.361 e. The van der Waals surface area contributed by atoms with E-state index in [1.165, 1.54) is 0 Å². The van der Waals surface area contributed by atoms with Crippen molar-refractivity contribution < 1.29 is 4.79 Å². The lowest BCUT2D eigenvalue weighted by Crippen LogP contribution is -2.38. The zero-order chi connectivity index (χ0) is 18.8. The molecule has 0 fully saturated rings. The largest absolute Gasteiger partial charge is 0.361 e. The fourth-order valence-corrected chi connectivity index (χ4v) is 3.89. The van der Waals surface area contributed by atoms with Gasteiger partial charge in [-0.15, -0.1) is 0 Å². The molecule has 136 valence electrons. The summed E-state index contributed by atoms with van der Waals surface area (Å²) >= 11 is 6.08. The van der Waals surface area contributed by atoms with Crippen LogP contribution in [0.15, 0.2) is 42.6 Å². The summed E-state index contributed by atoms with van der Waals surface area (Å²) in [7, 11) is 0. The molecule has 3 aromatic rings. The molecule has 0 saturated heterocycles. The van der Waals surface area contributed by atoms with Crippen LogP contribution >= 0.6 is 11.6 Å². The van der Waals surface area contributed by atoms with Crippen molar-refractivity contribution in [1.29, 1.82) is 5.26 Å². The van der Waals surface area contributed by atoms with Crippen molar-refractivity contribution in [2.24, 2.45) is 0 Å². The third-order valence-electron chi connectivity index (χ3n) is 5.06. The summed E-state index contributed by atoms with van der Waals surface area (Å²) in [6.07, 6.45) is 4.42. The van der Waals surface area contributed by atoms with E-state index in [0.717, 1.165) is 46.9 Å². The highest BCUT2D eigenvalue weighted by Crippen LogP contribution is 2.31. The number of nitrogens with zero attached hydrogens (tertiary/aromatic N) is 1. The molecule has 2 amide bonds. The van der Waals surface area contributed by atoms with Crippen molar-refractivity contribution in [3.8, 4) is 6.07 Å². The summed E-state index contributed by atoms with van der Waals surface area (Å²) in [5.41, 5.74) is 5.09. The van der Waals surface area contributed by atoms with E-state index in [-0.39, 0.29) is 12.1 Å². The van der Waals surface area contributed by atoms with E-state index in [0.29, 0.717) is 17.1 Å². The number of H-pyrrole nitrogens is 1. The van der Waals surface area contributed by atoms with Crippen LogP contribution in [0.2, 0.25) is 5.02 Å². The molecule has 0 aliphatic heterocycles. The number of rotatable bonds is 4. The van der Waals surface area contributed by atoms with Crippen LogP contribution in [0.25, 0.3) is 10.9 Å². The van der Waals surface area contributed by atoms with Gasteiger partial charge in [0.05, 0.1) is 17.7 Å². The third-order valence-corrected chi connectivity index (χ3v) is 5.30. The number of fused-ring (bicyclic) bond motifs is 2. The minimum atomic E-state index is -0.171. The molecule has 27 heavy (non-hydrogen) atoms. The lowest BCUT2D eigenvalue weighted by Gasteiger charge is -2.15.